The first-order valence-corrected chi connectivity index (χ1v) is 8.81. The van der Waals surface area contributed by atoms with Crippen molar-refractivity contribution in [3.05, 3.63) is 66.0 Å². The standard InChI is InChI=1S/C21H22N2O/c24-21(18-9-10-19-20(13-18)23-14-22-19)11-7-15-6-8-17(12-15)16-4-2-1-3-5-16/h1-5,9-10,13-15,17H,6-8,11-12H2,(H,22,23)/t15-,17?/m1/s1. The number of aromatic nitrogens is 2. The zero-order valence-corrected chi connectivity index (χ0v) is 13.7. The Kier molecular flexibility index (Phi) is 4.16. The van der Waals surface area contributed by atoms with E-state index in [2.05, 4.69) is 40.3 Å². The van der Waals surface area contributed by atoms with Gasteiger partial charge in [0, 0.05) is 12.0 Å². The summed E-state index contributed by atoms with van der Waals surface area (Å²) in [5.41, 5.74) is 4.08. The van der Waals surface area contributed by atoms with E-state index in [0.29, 0.717) is 18.3 Å². The van der Waals surface area contributed by atoms with Gasteiger partial charge in [-0.1, -0.05) is 30.3 Å². The maximum atomic E-state index is 12.5. The van der Waals surface area contributed by atoms with Crippen molar-refractivity contribution in [2.75, 3.05) is 0 Å². The molecule has 0 saturated heterocycles. The van der Waals surface area contributed by atoms with Crippen LogP contribution in [-0.4, -0.2) is 15.8 Å². The monoisotopic (exact) mass is 318 g/mol. The predicted octanol–water partition coefficient (Wildman–Crippen LogP) is 5.11. The molecular weight excluding hydrogens is 296 g/mol. The third-order valence-electron chi connectivity index (χ3n) is 5.34. The summed E-state index contributed by atoms with van der Waals surface area (Å²) in [6, 6.07) is 16.5. The van der Waals surface area contributed by atoms with Gasteiger partial charge in [0.2, 0.25) is 0 Å². The lowest BCUT2D eigenvalue weighted by Gasteiger charge is -2.11. The third-order valence-corrected chi connectivity index (χ3v) is 5.34. The van der Waals surface area contributed by atoms with E-state index < -0.39 is 0 Å². The predicted molar refractivity (Wildman–Crippen MR) is 96.2 cm³/mol. The molecule has 0 amide bonds. The number of hydrogen-bond donors (Lipinski definition) is 1. The van der Waals surface area contributed by atoms with Crippen LogP contribution in [0.25, 0.3) is 11.0 Å². The molecule has 3 nitrogen and oxygen atoms in total. The molecule has 4 rings (SSSR count). The molecule has 1 aliphatic rings. The van der Waals surface area contributed by atoms with Gasteiger partial charge >= 0.3 is 0 Å². The Balaban J connectivity index is 1.34. The minimum atomic E-state index is 0.239. The number of H-pyrrole nitrogens is 1. The Labute approximate surface area is 142 Å². The molecule has 1 aromatic heterocycles. The molecule has 3 heteroatoms. The van der Waals surface area contributed by atoms with E-state index >= 15 is 0 Å². The van der Waals surface area contributed by atoms with Crippen LogP contribution in [0.5, 0.6) is 0 Å². The van der Waals surface area contributed by atoms with E-state index in [4.69, 9.17) is 0 Å². The van der Waals surface area contributed by atoms with Gasteiger partial charge in [-0.25, -0.2) is 4.98 Å². The van der Waals surface area contributed by atoms with Crippen LogP contribution in [0.3, 0.4) is 0 Å². The number of ketones is 1. The first kappa shape index (κ1) is 15.1. The molecule has 0 bridgehead atoms. The maximum Gasteiger partial charge on any atom is 0.162 e. The summed E-state index contributed by atoms with van der Waals surface area (Å²) in [6.45, 7) is 0. The summed E-state index contributed by atoms with van der Waals surface area (Å²) >= 11 is 0. The molecule has 2 aromatic carbocycles. The summed E-state index contributed by atoms with van der Waals surface area (Å²) in [5, 5.41) is 0. The van der Waals surface area contributed by atoms with Crippen LogP contribution in [0.15, 0.2) is 54.9 Å². The topological polar surface area (TPSA) is 45.8 Å². The lowest BCUT2D eigenvalue weighted by atomic mass is 9.93. The molecule has 122 valence electrons. The fraction of sp³-hybridized carbons (Fsp3) is 0.333. The number of imidazole rings is 1. The van der Waals surface area contributed by atoms with Gasteiger partial charge in [-0.3, -0.25) is 4.79 Å². The number of nitrogens with one attached hydrogen (secondary N) is 1. The highest BCUT2D eigenvalue weighted by Gasteiger charge is 2.26. The van der Waals surface area contributed by atoms with Gasteiger partial charge in [0.05, 0.1) is 17.4 Å². The Hall–Kier alpha value is -2.42. The quantitative estimate of drug-likeness (QED) is 0.664. The van der Waals surface area contributed by atoms with Gasteiger partial charge in [0.25, 0.3) is 0 Å². The van der Waals surface area contributed by atoms with E-state index in [9.17, 15) is 4.79 Å². The average Bonchev–Trinajstić information content (AvgIpc) is 3.29. The molecule has 1 heterocycles. The van der Waals surface area contributed by atoms with Crippen molar-refractivity contribution in [1.29, 1.82) is 0 Å². The molecule has 1 fully saturated rings. The summed E-state index contributed by atoms with van der Waals surface area (Å²) in [7, 11) is 0. The molecule has 0 aliphatic heterocycles. The number of rotatable bonds is 5. The third kappa shape index (κ3) is 3.12. The number of nitrogens with zero attached hydrogens (tertiary/aromatic N) is 1. The highest BCUT2D eigenvalue weighted by molar-refractivity contribution is 5.98. The number of aromatic amines is 1. The van der Waals surface area contributed by atoms with Gasteiger partial charge in [-0.05, 0) is 61.3 Å². The van der Waals surface area contributed by atoms with Crippen molar-refractivity contribution in [1.82, 2.24) is 9.97 Å². The second kappa shape index (κ2) is 6.60. The Morgan fingerprint density at radius 3 is 2.88 bits per heavy atom. The molecule has 1 N–H and O–H groups in total. The van der Waals surface area contributed by atoms with E-state index in [1.165, 1.54) is 24.8 Å². The second-order valence-electron chi connectivity index (χ2n) is 6.88. The van der Waals surface area contributed by atoms with Crippen LogP contribution in [0.1, 0.15) is 53.9 Å². The average molecular weight is 318 g/mol. The Morgan fingerprint density at radius 2 is 2.00 bits per heavy atom. The number of benzene rings is 2. The van der Waals surface area contributed by atoms with Crippen LogP contribution >= 0.6 is 0 Å². The summed E-state index contributed by atoms with van der Waals surface area (Å²) in [4.78, 5) is 19.8. The van der Waals surface area contributed by atoms with Crippen LogP contribution in [0, 0.1) is 5.92 Å². The lowest BCUT2D eigenvalue weighted by Crippen LogP contribution is -2.03. The Bertz CT molecular complexity index is 837. The number of carbonyl (C=O) groups excluding carboxylic acids is 1. The first-order chi connectivity index (χ1) is 11.8. The molecule has 0 spiro atoms. The van der Waals surface area contributed by atoms with Gasteiger partial charge in [0.1, 0.15) is 0 Å². The SMILES string of the molecule is O=C(CC[C@H]1CCC(c2ccccc2)C1)c1ccc2[nH]cnc2c1. The van der Waals surface area contributed by atoms with E-state index in [-0.39, 0.29) is 5.78 Å². The zero-order chi connectivity index (χ0) is 16.4. The molecule has 1 aliphatic carbocycles. The summed E-state index contributed by atoms with van der Waals surface area (Å²) in [5.74, 6) is 1.59. The smallest absolute Gasteiger partial charge is 0.162 e. The zero-order valence-electron chi connectivity index (χ0n) is 13.7. The van der Waals surface area contributed by atoms with Gasteiger partial charge < -0.3 is 4.98 Å². The van der Waals surface area contributed by atoms with Crippen molar-refractivity contribution in [3.8, 4) is 0 Å². The number of fused-ring (bicyclic) bond motifs is 1. The van der Waals surface area contributed by atoms with Crippen molar-refractivity contribution < 1.29 is 4.79 Å². The van der Waals surface area contributed by atoms with Crippen molar-refractivity contribution in [2.24, 2.45) is 5.92 Å². The second-order valence-corrected chi connectivity index (χ2v) is 6.88. The highest BCUT2D eigenvalue weighted by atomic mass is 16.1. The Morgan fingerprint density at radius 1 is 1.12 bits per heavy atom. The number of Topliss-reactive ketones (excluding diaryl/α,β-unsaturated/α-hetero) is 1. The lowest BCUT2D eigenvalue weighted by molar-refractivity contribution is 0.0974. The summed E-state index contributed by atoms with van der Waals surface area (Å²) in [6.07, 6.45) is 7.02. The maximum absolute atomic E-state index is 12.5. The fourth-order valence-corrected chi connectivity index (χ4v) is 3.95. The normalized spacial score (nSPS) is 20.5. The highest BCUT2D eigenvalue weighted by Crippen LogP contribution is 2.40. The van der Waals surface area contributed by atoms with Crippen LogP contribution in [0.2, 0.25) is 0 Å². The number of carbonyl (C=O) groups is 1. The molecule has 2 atom stereocenters. The molecule has 1 unspecified atom stereocenters. The van der Waals surface area contributed by atoms with E-state index in [1.54, 1.807) is 6.33 Å². The van der Waals surface area contributed by atoms with Gasteiger partial charge in [-0.15, -0.1) is 0 Å². The van der Waals surface area contributed by atoms with Crippen LogP contribution < -0.4 is 0 Å². The van der Waals surface area contributed by atoms with Crippen LogP contribution in [0.4, 0.5) is 0 Å². The minimum Gasteiger partial charge on any atom is -0.345 e. The first-order valence-electron chi connectivity index (χ1n) is 8.81. The van der Waals surface area contributed by atoms with Crippen molar-refractivity contribution in [2.45, 2.75) is 38.0 Å². The fourth-order valence-electron chi connectivity index (χ4n) is 3.95. The molecular formula is C21H22N2O. The summed E-state index contributed by atoms with van der Waals surface area (Å²) < 4.78 is 0. The van der Waals surface area contributed by atoms with Crippen molar-refractivity contribution in [3.63, 3.8) is 0 Å². The van der Waals surface area contributed by atoms with Crippen molar-refractivity contribution >= 4 is 16.8 Å². The molecule has 3 aromatic rings. The van der Waals surface area contributed by atoms with Gasteiger partial charge in [-0.2, -0.15) is 0 Å². The molecule has 1 saturated carbocycles. The number of hydrogen-bond acceptors (Lipinski definition) is 2. The van der Waals surface area contributed by atoms with Crippen LogP contribution in [-0.2, 0) is 0 Å². The van der Waals surface area contributed by atoms with E-state index in [0.717, 1.165) is 23.0 Å². The minimum absolute atomic E-state index is 0.239. The van der Waals surface area contributed by atoms with Gasteiger partial charge in [0.15, 0.2) is 5.78 Å². The largest absolute Gasteiger partial charge is 0.345 e. The molecule has 24 heavy (non-hydrogen) atoms. The molecule has 0 radical (unpaired) electrons. The van der Waals surface area contributed by atoms with E-state index in [1.807, 2.05) is 18.2 Å².